The van der Waals surface area contributed by atoms with E-state index in [-0.39, 0.29) is 5.91 Å². The number of rotatable bonds is 3. The molecular formula is C17H20N4O. The number of nitrogens with one attached hydrogen (secondary N) is 1. The predicted octanol–water partition coefficient (Wildman–Crippen LogP) is 2.10. The topological polar surface area (TPSA) is 58.1 Å². The number of benzene rings is 1. The molecule has 2 heterocycles. The molecule has 1 N–H and O–H groups in total. The zero-order valence-electron chi connectivity index (χ0n) is 13.0. The maximum atomic E-state index is 12.0. The zero-order valence-corrected chi connectivity index (χ0v) is 13.0. The van der Waals surface area contributed by atoms with Gasteiger partial charge in [0.15, 0.2) is 0 Å². The molecular weight excluding hydrogens is 276 g/mol. The maximum Gasteiger partial charge on any atom is 0.271 e. The molecule has 1 aliphatic rings. The fraction of sp³-hybridized carbons (Fsp3) is 0.353. The minimum Gasteiger partial charge on any atom is -0.374 e. The van der Waals surface area contributed by atoms with Crippen LogP contribution in [0.1, 0.15) is 33.7 Å². The highest BCUT2D eigenvalue weighted by molar-refractivity contribution is 5.91. The van der Waals surface area contributed by atoms with E-state index in [4.69, 9.17) is 0 Å². The van der Waals surface area contributed by atoms with Crippen LogP contribution in [0.3, 0.4) is 0 Å². The normalized spacial score (nSPS) is 13.6. The molecule has 0 saturated carbocycles. The van der Waals surface area contributed by atoms with Crippen molar-refractivity contribution in [1.29, 1.82) is 0 Å². The summed E-state index contributed by atoms with van der Waals surface area (Å²) in [4.78, 5) is 22.5. The van der Waals surface area contributed by atoms with Gasteiger partial charge in [0.2, 0.25) is 0 Å². The number of anilines is 1. The van der Waals surface area contributed by atoms with Crippen LogP contribution in [-0.2, 0) is 13.0 Å². The second-order valence-corrected chi connectivity index (χ2v) is 5.71. The summed E-state index contributed by atoms with van der Waals surface area (Å²) in [6.45, 7) is 3.46. The first-order valence-electron chi connectivity index (χ1n) is 7.53. The van der Waals surface area contributed by atoms with Gasteiger partial charge in [0, 0.05) is 32.0 Å². The summed E-state index contributed by atoms with van der Waals surface area (Å²) in [7, 11) is 2.12. The number of fused-ring (bicyclic) bond motifs is 1. The van der Waals surface area contributed by atoms with E-state index in [1.54, 1.807) is 6.20 Å². The van der Waals surface area contributed by atoms with Crippen molar-refractivity contribution < 1.29 is 4.79 Å². The molecule has 5 nitrogen and oxygen atoms in total. The van der Waals surface area contributed by atoms with Crippen molar-refractivity contribution in [3.63, 3.8) is 0 Å². The van der Waals surface area contributed by atoms with Gasteiger partial charge in [-0.15, -0.1) is 0 Å². The van der Waals surface area contributed by atoms with E-state index < -0.39 is 0 Å². The molecule has 0 atom stereocenters. The Bertz CT molecular complexity index is 682. The Morgan fingerprint density at radius 2 is 2.18 bits per heavy atom. The van der Waals surface area contributed by atoms with E-state index in [0.717, 1.165) is 24.2 Å². The van der Waals surface area contributed by atoms with Gasteiger partial charge in [0.25, 0.3) is 5.91 Å². The molecule has 5 heteroatoms. The molecule has 0 aliphatic carbocycles. The van der Waals surface area contributed by atoms with Gasteiger partial charge < -0.3 is 10.2 Å². The predicted molar refractivity (Wildman–Crippen MR) is 86.0 cm³/mol. The van der Waals surface area contributed by atoms with Gasteiger partial charge in [-0.3, -0.25) is 9.78 Å². The quantitative estimate of drug-likeness (QED) is 0.942. The van der Waals surface area contributed by atoms with E-state index >= 15 is 0 Å². The molecule has 0 fully saturated rings. The van der Waals surface area contributed by atoms with Crippen LogP contribution in [0.5, 0.6) is 0 Å². The molecule has 2 aromatic rings. The molecule has 22 heavy (non-hydrogen) atoms. The third-order valence-corrected chi connectivity index (χ3v) is 3.96. The monoisotopic (exact) mass is 296 g/mol. The standard InChI is InChI=1S/C17H20N4O/c1-12-9-19-15(11-18-12)17(22)20-10-13-5-6-16-14(8-13)4-3-7-21(16)2/h5-6,8-9,11H,3-4,7,10H2,1-2H3,(H,20,22). The smallest absolute Gasteiger partial charge is 0.271 e. The SMILES string of the molecule is Cc1cnc(C(=O)NCc2ccc3c(c2)CCCN3C)cn1. The Morgan fingerprint density at radius 3 is 2.95 bits per heavy atom. The van der Waals surface area contributed by atoms with Crippen LogP contribution in [0, 0.1) is 6.92 Å². The van der Waals surface area contributed by atoms with Crippen LogP contribution in [0.4, 0.5) is 5.69 Å². The Morgan fingerprint density at radius 1 is 1.32 bits per heavy atom. The average molecular weight is 296 g/mol. The molecule has 0 bridgehead atoms. The second-order valence-electron chi connectivity index (χ2n) is 5.71. The Labute approximate surface area is 130 Å². The summed E-state index contributed by atoms with van der Waals surface area (Å²) >= 11 is 0. The summed E-state index contributed by atoms with van der Waals surface area (Å²) in [6.07, 6.45) is 5.39. The van der Waals surface area contributed by atoms with Crippen molar-refractivity contribution in [3.05, 3.63) is 53.1 Å². The van der Waals surface area contributed by atoms with Crippen LogP contribution < -0.4 is 10.2 Å². The molecule has 0 spiro atoms. The number of hydrogen-bond acceptors (Lipinski definition) is 4. The lowest BCUT2D eigenvalue weighted by atomic mass is 9.99. The van der Waals surface area contributed by atoms with Crippen LogP contribution in [0.2, 0.25) is 0 Å². The molecule has 0 unspecified atom stereocenters. The lowest BCUT2D eigenvalue weighted by molar-refractivity contribution is 0.0945. The summed E-state index contributed by atoms with van der Waals surface area (Å²) in [5.41, 5.74) is 4.92. The molecule has 3 rings (SSSR count). The Balaban J connectivity index is 1.66. The van der Waals surface area contributed by atoms with Crippen molar-refractivity contribution in [3.8, 4) is 0 Å². The highest BCUT2D eigenvalue weighted by Crippen LogP contribution is 2.26. The van der Waals surface area contributed by atoms with Crippen LogP contribution >= 0.6 is 0 Å². The first-order valence-corrected chi connectivity index (χ1v) is 7.53. The first kappa shape index (κ1) is 14.5. The lowest BCUT2D eigenvalue weighted by Crippen LogP contribution is -2.26. The summed E-state index contributed by atoms with van der Waals surface area (Å²) in [5.74, 6) is -0.192. The molecule has 1 aromatic heterocycles. The van der Waals surface area contributed by atoms with Gasteiger partial charge in [0.1, 0.15) is 5.69 Å². The van der Waals surface area contributed by atoms with Crippen molar-refractivity contribution in [2.75, 3.05) is 18.5 Å². The van der Waals surface area contributed by atoms with Crippen molar-refractivity contribution in [2.45, 2.75) is 26.3 Å². The first-order chi connectivity index (χ1) is 10.6. The highest BCUT2D eigenvalue weighted by atomic mass is 16.1. The van der Waals surface area contributed by atoms with Crippen molar-refractivity contribution in [2.24, 2.45) is 0 Å². The van der Waals surface area contributed by atoms with E-state index in [0.29, 0.717) is 12.2 Å². The molecule has 114 valence electrons. The Hall–Kier alpha value is -2.43. The third-order valence-electron chi connectivity index (χ3n) is 3.96. The van der Waals surface area contributed by atoms with Crippen LogP contribution in [0.15, 0.2) is 30.6 Å². The number of aromatic nitrogens is 2. The Kier molecular flexibility index (Phi) is 4.04. The largest absolute Gasteiger partial charge is 0.374 e. The molecule has 1 amide bonds. The minimum atomic E-state index is -0.192. The van der Waals surface area contributed by atoms with Crippen molar-refractivity contribution >= 4 is 11.6 Å². The third kappa shape index (κ3) is 3.08. The fourth-order valence-corrected chi connectivity index (χ4v) is 2.73. The van der Waals surface area contributed by atoms with Gasteiger partial charge in [0.05, 0.1) is 11.9 Å². The number of hydrogen-bond donors (Lipinski definition) is 1. The zero-order chi connectivity index (χ0) is 15.5. The molecule has 0 radical (unpaired) electrons. The van der Waals surface area contributed by atoms with Gasteiger partial charge >= 0.3 is 0 Å². The molecule has 1 aliphatic heterocycles. The highest BCUT2D eigenvalue weighted by Gasteiger charge is 2.14. The second kappa shape index (κ2) is 6.13. The fourth-order valence-electron chi connectivity index (χ4n) is 2.73. The number of nitrogens with zero attached hydrogens (tertiary/aromatic N) is 3. The van der Waals surface area contributed by atoms with E-state index in [1.807, 2.05) is 6.92 Å². The average Bonchev–Trinajstić information content (AvgIpc) is 2.53. The van der Waals surface area contributed by atoms with Gasteiger partial charge in [-0.05, 0) is 37.0 Å². The number of aryl methyl sites for hydroxylation is 2. The number of carbonyl (C=O) groups excluding carboxylic acids is 1. The lowest BCUT2D eigenvalue weighted by Gasteiger charge is -2.27. The maximum absolute atomic E-state index is 12.0. The van der Waals surface area contributed by atoms with Crippen LogP contribution in [0.25, 0.3) is 0 Å². The summed E-state index contributed by atoms with van der Waals surface area (Å²) in [5, 5.41) is 2.90. The van der Waals surface area contributed by atoms with Crippen LogP contribution in [-0.4, -0.2) is 29.5 Å². The van der Waals surface area contributed by atoms with E-state index in [9.17, 15) is 4.79 Å². The van der Waals surface area contributed by atoms with Crippen molar-refractivity contribution in [1.82, 2.24) is 15.3 Å². The molecule has 1 aromatic carbocycles. The number of amides is 1. The number of carbonyl (C=O) groups is 1. The van der Waals surface area contributed by atoms with E-state index in [2.05, 4.69) is 45.4 Å². The van der Waals surface area contributed by atoms with Gasteiger partial charge in [-0.2, -0.15) is 0 Å². The minimum absolute atomic E-state index is 0.192. The van der Waals surface area contributed by atoms with E-state index in [1.165, 1.54) is 23.9 Å². The molecule has 0 saturated heterocycles. The van der Waals surface area contributed by atoms with Gasteiger partial charge in [-0.25, -0.2) is 4.98 Å². The summed E-state index contributed by atoms with van der Waals surface area (Å²) < 4.78 is 0. The van der Waals surface area contributed by atoms with Gasteiger partial charge in [-0.1, -0.05) is 12.1 Å². The summed E-state index contributed by atoms with van der Waals surface area (Å²) in [6, 6.07) is 6.40.